The van der Waals surface area contributed by atoms with Crippen molar-refractivity contribution in [3.8, 4) is 0 Å². The van der Waals surface area contributed by atoms with Gasteiger partial charge in [-0.15, -0.1) is 0 Å². The van der Waals surface area contributed by atoms with Crippen molar-refractivity contribution in [2.75, 3.05) is 26.2 Å². The third-order valence-corrected chi connectivity index (χ3v) is 6.85. The van der Waals surface area contributed by atoms with E-state index in [4.69, 9.17) is 0 Å². The third-order valence-electron chi connectivity index (χ3n) is 6.85. The molecule has 1 aromatic rings. The molecule has 0 saturated carbocycles. The Hall–Kier alpha value is -2.41. The number of urea groups is 1. The monoisotopic (exact) mass is 426 g/mol. The quantitative estimate of drug-likeness (QED) is 0.735. The topological polar surface area (TPSA) is 73.0 Å². The minimum atomic E-state index is -0.783. The molecule has 7 nitrogen and oxygen atoms in total. The highest BCUT2D eigenvalue weighted by Gasteiger charge is 2.54. The molecule has 0 radical (unpaired) electrons. The second kappa shape index (κ2) is 8.99. The summed E-state index contributed by atoms with van der Waals surface area (Å²) in [6, 6.07) is 9.81. The van der Waals surface area contributed by atoms with Gasteiger partial charge < -0.3 is 10.2 Å². The van der Waals surface area contributed by atoms with E-state index in [1.807, 2.05) is 36.9 Å². The Balaban J connectivity index is 1.38. The van der Waals surface area contributed by atoms with Crippen molar-refractivity contribution in [1.82, 2.24) is 20.0 Å². The normalized spacial score (nSPS) is 24.2. The van der Waals surface area contributed by atoms with Crippen LogP contribution in [-0.4, -0.2) is 70.3 Å². The number of likely N-dealkylation sites (tertiary alicyclic amines) is 2. The molecule has 7 heteroatoms. The summed E-state index contributed by atoms with van der Waals surface area (Å²) >= 11 is 0. The van der Waals surface area contributed by atoms with Crippen LogP contribution in [-0.2, 0) is 16.1 Å². The lowest BCUT2D eigenvalue weighted by molar-refractivity contribution is -0.139. The van der Waals surface area contributed by atoms with Crippen molar-refractivity contribution >= 4 is 17.8 Å². The highest BCUT2D eigenvalue weighted by Crippen LogP contribution is 2.33. The molecule has 1 aromatic carbocycles. The van der Waals surface area contributed by atoms with Gasteiger partial charge in [-0.2, -0.15) is 0 Å². The van der Waals surface area contributed by atoms with E-state index in [1.54, 1.807) is 0 Å². The molecule has 3 saturated heterocycles. The van der Waals surface area contributed by atoms with Crippen LogP contribution in [0.1, 0.15) is 51.5 Å². The molecular formula is C24H34N4O3. The van der Waals surface area contributed by atoms with E-state index in [-0.39, 0.29) is 23.9 Å². The fourth-order valence-corrected chi connectivity index (χ4v) is 5.12. The highest BCUT2D eigenvalue weighted by molar-refractivity contribution is 6.07. The minimum absolute atomic E-state index is 0.0972. The average molecular weight is 427 g/mol. The summed E-state index contributed by atoms with van der Waals surface area (Å²) in [5.74, 6) is 0.324. The van der Waals surface area contributed by atoms with E-state index in [0.717, 1.165) is 32.5 Å². The number of benzene rings is 1. The lowest BCUT2D eigenvalue weighted by Crippen LogP contribution is -2.56. The summed E-state index contributed by atoms with van der Waals surface area (Å²) in [6.45, 7) is 7.65. The molecule has 1 N–H and O–H groups in total. The van der Waals surface area contributed by atoms with Crippen LogP contribution >= 0.6 is 0 Å². The average Bonchev–Trinajstić information content (AvgIpc) is 2.99. The molecule has 3 heterocycles. The van der Waals surface area contributed by atoms with Gasteiger partial charge in [-0.3, -0.25) is 19.4 Å². The number of carbonyl (C=O) groups is 3. The Morgan fingerprint density at radius 1 is 1.13 bits per heavy atom. The van der Waals surface area contributed by atoms with E-state index in [0.29, 0.717) is 38.3 Å². The number of hydrogen-bond donors (Lipinski definition) is 1. The molecule has 31 heavy (non-hydrogen) atoms. The van der Waals surface area contributed by atoms with Crippen molar-refractivity contribution in [1.29, 1.82) is 0 Å². The van der Waals surface area contributed by atoms with Gasteiger partial charge >= 0.3 is 6.03 Å². The molecule has 1 spiro atoms. The molecule has 1 atom stereocenters. The van der Waals surface area contributed by atoms with Crippen molar-refractivity contribution in [2.45, 2.75) is 64.1 Å². The number of amides is 4. The number of carbonyl (C=O) groups excluding carboxylic acids is 3. The largest absolute Gasteiger partial charge is 0.341 e. The summed E-state index contributed by atoms with van der Waals surface area (Å²) in [5, 5.41) is 3.03. The third kappa shape index (κ3) is 4.61. The first-order valence-electron chi connectivity index (χ1n) is 11.6. The van der Waals surface area contributed by atoms with Crippen LogP contribution in [0.25, 0.3) is 0 Å². The molecule has 0 bridgehead atoms. The van der Waals surface area contributed by atoms with Crippen molar-refractivity contribution in [2.24, 2.45) is 5.92 Å². The second-order valence-electron chi connectivity index (χ2n) is 9.68. The Morgan fingerprint density at radius 2 is 1.84 bits per heavy atom. The molecule has 3 fully saturated rings. The number of nitrogens with zero attached hydrogens (tertiary/aromatic N) is 3. The Labute approximate surface area is 184 Å². The molecule has 168 valence electrons. The minimum Gasteiger partial charge on any atom is -0.341 e. The first kappa shape index (κ1) is 21.8. The van der Waals surface area contributed by atoms with Crippen molar-refractivity contribution < 1.29 is 14.4 Å². The summed E-state index contributed by atoms with van der Waals surface area (Å²) in [6.07, 6.45) is 3.35. The second-order valence-corrected chi connectivity index (χ2v) is 9.68. The van der Waals surface area contributed by atoms with E-state index in [9.17, 15) is 14.4 Å². The van der Waals surface area contributed by atoms with E-state index >= 15 is 0 Å². The van der Waals surface area contributed by atoms with Gasteiger partial charge in [0.1, 0.15) is 5.54 Å². The molecule has 4 amide bonds. The zero-order valence-electron chi connectivity index (χ0n) is 18.7. The first-order chi connectivity index (χ1) is 14.9. The number of imide groups is 1. The number of rotatable bonds is 5. The zero-order chi connectivity index (χ0) is 22.0. The van der Waals surface area contributed by atoms with Crippen LogP contribution in [0, 0.1) is 5.92 Å². The van der Waals surface area contributed by atoms with Crippen LogP contribution in [0.2, 0.25) is 0 Å². The number of hydrogen-bond acceptors (Lipinski definition) is 4. The molecule has 0 unspecified atom stereocenters. The van der Waals surface area contributed by atoms with Crippen LogP contribution < -0.4 is 5.32 Å². The van der Waals surface area contributed by atoms with Crippen LogP contribution in [0.4, 0.5) is 4.79 Å². The highest BCUT2D eigenvalue weighted by atomic mass is 16.2. The van der Waals surface area contributed by atoms with E-state index in [2.05, 4.69) is 22.3 Å². The fraction of sp³-hybridized carbons (Fsp3) is 0.625. The van der Waals surface area contributed by atoms with Crippen molar-refractivity contribution in [3.63, 3.8) is 0 Å². The Kier molecular flexibility index (Phi) is 6.32. The fourth-order valence-electron chi connectivity index (χ4n) is 5.12. The van der Waals surface area contributed by atoms with Crippen LogP contribution in [0.5, 0.6) is 0 Å². The maximum atomic E-state index is 13.4. The van der Waals surface area contributed by atoms with Gasteiger partial charge in [0.15, 0.2) is 0 Å². The summed E-state index contributed by atoms with van der Waals surface area (Å²) < 4.78 is 0. The summed E-state index contributed by atoms with van der Waals surface area (Å²) in [7, 11) is 0. The van der Waals surface area contributed by atoms with Gasteiger partial charge in [0.2, 0.25) is 5.91 Å². The Morgan fingerprint density at radius 3 is 2.52 bits per heavy atom. The van der Waals surface area contributed by atoms with Gasteiger partial charge in [0.25, 0.3) is 5.91 Å². The van der Waals surface area contributed by atoms with Gasteiger partial charge in [-0.1, -0.05) is 44.2 Å². The molecular weight excluding hydrogens is 392 g/mol. The maximum Gasteiger partial charge on any atom is 0.325 e. The predicted molar refractivity (Wildman–Crippen MR) is 118 cm³/mol. The molecule has 4 rings (SSSR count). The smallest absolute Gasteiger partial charge is 0.325 e. The van der Waals surface area contributed by atoms with Gasteiger partial charge in [-0.05, 0) is 37.2 Å². The van der Waals surface area contributed by atoms with Gasteiger partial charge in [-0.25, -0.2) is 4.79 Å². The summed E-state index contributed by atoms with van der Waals surface area (Å²) in [4.78, 5) is 44.4. The molecule has 0 aromatic heterocycles. The lowest BCUT2D eigenvalue weighted by atomic mass is 9.87. The van der Waals surface area contributed by atoms with Crippen molar-refractivity contribution in [3.05, 3.63) is 35.9 Å². The van der Waals surface area contributed by atoms with E-state index < -0.39 is 5.54 Å². The van der Waals surface area contributed by atoms with Crippen LogP contribution in [0.15, 0.2) is 30.3 Å². The number of piperidine rings is 2. The summed E-state index contributed by atoms with van der Waals surface area (Å²) in [5.41, 5.74) is 0.476. The maximum absolute atomic E-state index is 13.4. The molecule has 0 aliphatic carbocycles. The molecule has 3 aliphatic heterocycles. The standard InChI is InChI=1S/C24H34N4O3/c1-18(2)15-21(29)27-12-6-9-20(17-27)28-22(30)24(25-23(28)31)10-13-26(14-11-24)16-19-7-4-3-5-8-19/h3-5,7-8,18,20H,6,9-17H2,1-2H3,(H,25,31)/t20-/m0/s1. The van der Waals surface area contributed by atoms with Gasteiger partial charge in [0, 0.05) is 39.1 Å². The molecule has 3 aliphatic rings. The number of nitrogens with one attached hydrogen (secondary N) is 1. The Bertz CT molecular complexity index is 817. The first-order valence-corrected chi connectivity index (χ1v) is 11.6. The van der Waals surface area contributed by atoms with Crippen LogP contribution in [0.3, 0.4) is 0 Å². The SMILES string of the molecule is CC(C)CC(=O)N1CCC[C@H](N2C(=O)NC3(CCN(Cc4ccccc4)CC3)C2=O)C1. The van der Waals surface area contributed by atoms with Gasteiger partial charge in [0.05, 0.1) is 6.04 Å². The zero-order valence-corrected chi connectivity index (χ0v) is 18.7. The predicted octanol–water partition coefficient (Wildman–Crippen LogP) is 2.61. The lowest BCUT2D eigenvalue weighted by Gasteiger charge is -2.39. The van der Waals surface area contributed by atoms with E-state index in [1.165, 1.54) is 10.5 Å².